The molecule has 2 atom stereocenters. The molecule has 1 aromatic rings. The fourth-order valence-electron chi connectivity index (χ4n) is 2.86. The molecule has 1 aromatic carbocycles. The minimum atomic E-state index is 0.0600. The summed E-state index contributed by atoms with van der Waals surface area (Å²) >= 11 is 0. The van der Waals surface area contributed by atoms with Crippen molar-refractivity contribution in [3.05, 3.63) is 34.9 Å². The lowest BCUT2D eigenvalue weighted by atomic mass is 9.84. The number of hydrogen-bond donors (Lipinski definition) is 2. The zero-order chi connectivity index (χ0) is 14.7. The summed E-state index contributed by atoms with van der Waals surface area (Å²) in [6.07, 6.45) is 3.80. The van der Waals surface area contributed by atoms with Crippen LogP contribution in [-0.4, -0.2) is 5.91 Å². The Kier molecular flexibility index (Phi) is 4.81. The number of rotatable bonds is 4. The lowest BCUT2D eigenvalue weighted by Crippen LogP contribution is -2.30. The van der Waals surface area contributed by atoms with Crippen molar-refractivity contribution in [3.63, 3.8) is 0 Å². The topological polar surface area (TPSA) is 55.1 Å². The molecule has 3 N–H and O–H groups in total. The highest BCUT2D eigenvalue weighted by molar-refractivity contribution is 5.76. The van der Waals surface area contributed by atoms with Gasteiger partial charge in [0.25, 0.3) is 0 Å². The second-order valence-electron chi connectivity index (χ2n) is 6.09. The Morgan fingerprint density at radius 2 is 2.20 bits per heavy atom. The molecule has 110 valence electrons. The van der Waals surface area contributed by atoms with Crippen LogP contribution in [0.1, 0.15) is 68.8 Å². The van der Waals surface area contributed by atoms with Crippen molar-refractivity contribution in [2.24, 2.45) is 11.7 Å². The molecule has 0 bridgehead atoms. The van der Waals surface area contributed by atoms with Gasteiger partial charge >= 0.3 is 0 Å². The molecular formula is C17H26N2O. The van der Waals surface area contributed by atoms with Gasteiger partial charge in [0.05, 0.1) is 6.04 Å². The van der Waals surface area contributed by atoms with Crippen molar-refractivity contribution in [1.29, 1.82) is 0 Å². The maximum absolute atomic E-state index is 11.7. The number of benzene rings is 1. The molecule has 3 nitrogen and oxygen atoms in total. The molecule has 1 amide bonds. The van der Waals surface area contributed by atoms with Crippen molar-refractivity contribution in [3.8, 4) is 0 Å². The van der Waals surface area contributed by atoms with E-state index in [0.29, 0.717) is 12.3 Å². The Labute approximate surface area is 121 Å². The summed E-state index contributed by atoms with van der Waals surface area (Å²) in [4.78, 5) is 11.7. The molecule has 0 fully saturated rings. The largest absolute Gasteiger partial charge is 0.349 e. The molecule has 2 unspecified atom stereocenters. The fourth-order valence-corrected chi connectivity index (χ4v) is 2.86. The van der Waals surface area contributed by atoms with Crippen LogP contribution in [-0.2, 0) is 11.2 Å². The smallest absolute Gasteiger partial charge is 0.220 e. The number of nitrogens with two attached hydrogens (primary N) is 1. The van der Waals surface area contributed by atoms with Gasteiger partial charge in [0.15, 0.2) is 0 Å². The van der Waals surface area contributed by atoms with Gasteiger partial charge in [-0.15, -0.1) is 0 Å². The van der Waals surface area contributed by atoms with Gasteiger partial charge in [-0.05, 0) is 41.9 Å². The van der Waals surface area contributed by atoms with Gasteiger partial charge in [0.2, 0.25) is 5.91 Å². The minimum absolute atomic E-state index is 0.0600. The van der Waals surface area contributed by atoms with Crippen LogP contribution >= 0.6 is 0 Å². The Balaban J connectivity index is 2.28. The summed E-state index contributed by atoms with van der Waals surface area (Å²) in [7, 11) is 0. The molecule has 0 aromatic heterocycles. The molecule has 0 saturated heterocycles. The lowest BCUT2D eigenvalue weighted by molar-refractivity contribution is -0.121. The second-order valence-corrected chi connectivity index (χ2v) is 6.09. The van der Waals surface area contributed by atoms with Gasteiger partial charge in [0, 0.05) is 12.5 Å². The summed E-state index contributed by atoms with van der Waals surface area (Å²) in [5.41, 5.74) is 10.1. The van der Waals surface area contributed by atoms with E-state index in [1.54, 1.807) is 0 Å². The second kappa shape index (κ2) is 6.40. The van der Waals surface area contributed by atoms with Crippen LogP contribution in [0.2, 0.25) is 0 Å². The zero-order valence-electron chi connectivity index (χ0n) is 12.8. The zero-order valence-corrected chi connectivity index (χ0v) is 12.8. The predicted octanol–water partition coefficient (Wildman–Crippen LogP) is 3.25. The first-order chi connectivity index (χ1) is 9.52. The molecule has 1 aliphatic carbocycles. The third-order valence-electron chi connectivity index (χ3n) is 4.24. The standard InChI is InChI=1S/C17H26N2O/c1-4-16(20)19-15-7-5-6-12-8-9-13(10-14(12)15)17(18)11(2)3/h8-11,15,17H,4-7,18H2,1-3H3,(H,19,20). The molecular weight excluding hydrogens is 248 g/mol. The predicted molar refractivity (Wildman–Crippen MR) is 82.3 cm³/mol. The molecule has 3 heteroatoms. The molecule has 2 rings (SSSR count). The first-order valence-corrected chi connectivity index (χ1v) is 7.70. The molecule has 0 aliphatic heterocycles. The van der Waals surface area contributed by atoms with Crippen molar-refractivity contribution in [1.82, 2.24) is 5.32 Å². The van der Waals surface area contributed by atoms with Crippen molar-refractivity contribution in [2.75, 3.05) is 0 Å². The highest BCUT2D eigenvalue weighted by Crippen LogP contribution is 2.32. The average Bonchev–Trinajstić information content (AvgIpc) is 2.46. The van der Waals surface area contributed by atoms with Crippen LogP contribution in [0.15, 0.2) is 18.2 Å². The van der Waals surface area contributed by atoms with E-state index in [-0.39, 0.29) is 18.0 Å². The molecule has 20 heavy (non-hydrogen) atoms. The average molecular weight is 274 g/mol. The van der Waals surface area contributed by atoms with Gasteiger partial charge < -0.3 is 11.1 Å². The molecule has 0 spiro atoms. The Morgan fingerprint density at radius 1 is 1.45 bits per heavy atom. The number of aryl methyl sites for hydroxylation is 1. The van der Waals surface area contributed by atoms with Crippen LogP contribution in [0.5, 0.6) is 0 Å². The Bertz CT molecular complexity index is 482. The van der Waals surface area contributed by atoms with Gasteiger partial charge in [-0.3, -0.25) is 4.79 Å². The van der Waals surface area contributed by atoms with Gasteiger partial charge in [-0.25, -0.2) is 0 Å². The van der Waals surface area contributed by atoms with Gasteiger partial charge in [-0.1, -0.05) is 39.0 Å². The normalized spacial score (nSPS) is 19.6. The Morgan fingerprint density at radius 3 is 2.85 bits per heavy atom. The summed E-state index contributed by atoms with van der Waals surface area (Å²) in [6, 6.07) is 6.76. The van der Waals surface area contributed by atoms with Crippen molar-refractivity contribution in [2.45, 2.75) is 58.5 Å². The van der Waals surface area contributed by atoms with E-state index in [4.69, 9.17) is 5.73 Å². The number of fused-ring (bicyclic) bond motifs is 1. The van der Waals surface area contributed by atoms with E-state index in [1.807, 2.05) is 6.92 Å². The number of carbonyl (C=O) groups is 1. The van der Waals surface area contributed by atoms with Crippen molar-refractivity contribution < 1.29 is 4.79 Å². The van der Waals surface area contributed by atoms with Crippen LogP contribution < -0.4 is 11.1 Å². The fraction of sp³-hybridized carbons (Fsp3) is 0.588. The minimum Gasteiger partial charge on any atom is -0.349 e. The summed E-state index contributed by atoms with van der Waals surface area (Å²) in [6.45, 7) is 6.17. The van der Waals surface area contributed by atoms with Crippen LogP contribution in [0.25, 0.3) is 0 Å². The van der Waals surface area contributed by atoms with E-state index in [2.05, 4.69) is 37.4 Å². The van der Waals surface area contributed by atoms with Crippen LogP contribution in [0.4, 0.5) is 0 Å². The highest BCUT2D eigenvalue weighted by Gasteiger charge is 2.23. The molecule has 0 saturated carbocycles. The summed E-state index contributed by atoms with van der Waals surface area (Å²) in [5, 5.41) is 3.14. The van der Waals surface area contributed by atoms with Crippen molar-refractivity contribution >= 4 is 5.91 Å². The van der Waals surface area contributed by atoms with Gasteiger partial charge in [-0.2, -0.15) is 0 Å². The number of nitrogens with one attached hydrogen (secondary N) is 1. The monoisotopic (exact) mass is 274 g/mol. The number of hydrogen-bond acceptors (Lipinski definition) is 2. The van der Waals surface area contributed by atoms with E-state index in [1.165, 1.54) is 16.7 Å². The maximum Gasteiger partial charge on any atom is 0.220 e. The number of carbonyl (C=O) groups excluding carboxylic acids is 1. The SMILES string of the molecule is CCC(=O)NC1CCCc2ccc(C(N)C(C)C)cc21. The van der Waals surface area contributed by atoms with E-state index in [9.17, 15) is 4.79 Å². The van der Waals surface area contributed by atoms with Gasteiger partial charge in [0.1, 0.15) is 0 Å². The first kappa shape index (κ1) is 15.0. The first-order valence-electron chi connectivity index (χ1n) is 7.70. The van der Waals surface area contributed by atoms with E-state index >= 15 is 0 Å². The maximum atomic E-state index is 11.7. The summed E-state index contributed by atoms with van der Waals surface area (Å²) in [5.74, 6) is 0.543. The lowest BCUT2D eigenvalue weighted by Gasteiger charge is -2.28. The molecule has 1 aliphatic rings. The van der Waals surface area contributed by atoms with Crippen LogP contribution in [0.3, 0.4) is 0 Å². The third-order valence-corrected chi connectivity index (χ3v) is 4.24. The van der Waals surface area contributed by atoms with Crippen LogP contribution in [0, 0.1) is 5.92 Å². The quantitative estimate of drug-likeness (QED) is 0.885. The van der Waals surface area contributed by atoms with E-state index < -0.39 is 0 Å². The number of amides is 1. The van der Waals surface area contributed by atoms with E-state index in [0.717, 1.165) is 19.3 Å². The Hall–Kier alpha value is -1.35. The molecule has 0 heterocycles. The summed E-state index contributed by atoms with van der Waals surface area (Å²) < 4.78 is 0. The third kappa shape index (κ3) is 3.21. The molecule has 0 radical (unpaired) electrons. The highest BCUT2D eigenvalue weighted by atomic mass is 16.1.